The van der Waals surface area contributed by atoms with Gasteiger partial charge in [-0.25, -0.2) is 8.42 Å². The smallest absolute Gasteiger partial charge is 0.264 e. The molecule has 134 valence electrons. The third-order valence-corrected chi connectivity index (χ3v) is 6.97. The molecule has 0 atom stereocenters. The highest BCUT2D eigenvalue weighted by Gasteiger charge is 2.32. The van der Waals surface area contributed by atoms with Crippen molar-refractivity contribution in [1.82, 2.24) is 9.21 Å². The summed E-state index contributed by atoms with van der Waals surface area (Å²) in [5.74, 6) is 0.294. The first-order chi connectivity index (χ1) is 11.9. The third-order valence-electron chi connectivity index (χ3n) is 4.19. The number of carbonyl (C=O) groups excluding carboxylic acids is 1. The molecule has 0 bridgehead atoms. The molecule has 1 aliphatic heterocycles. The molecule has 1 aromatic heterocycles. The van der Waals surface area contributed by atoms with Gasteiger partial charge >= 0.3 is 0 Å². The summed E-state index contributed by atoms with van der Waals surface area (Å²) in [6.07, 6.45) is 0. The lowest BCUT2D eigenvalue weighted by atomic mass is 10.2. The summed E-state index contributed by atoms with van der Waals surface area (Å²) in [6, 6.07) is 8.72. The van der Waals surface area contributed by atoms with E-state index in [1.807, 2.05) is 24.4 Å². The highest BCUT2D eigenvalue weighted by Crippen LogP contribution is 2.28. The minimum Gasteiger partial charge on any atom is -0.495 e. The van der Waals surface area contributed by atoms with Gasteiger partial charge in [-0.05, 0) is 36.1 Å². The van der Waals surface area contributed by atoms with E-state index >= 15 is 0 Å². The zero-order chi connectivity index (χ0) is 18.0. The van der Waals surface area contributed by atoms with E-state index in [4.69, 9.17) is 4.74 Å². The molecule has 2 aromatic rings. The molecule has 0 N–H and O–H groups in total. The Labute approximate surface area is 151 Å². The van der Waals surface area contributed by atoms with E-state index in [9.17, 15) is 13.2 Å². The van der Waals surface area contributed by atoms with Gasteiger partial charge in [0.05, 0.1) is 12.0 Å². The second-order valence-electron chi connectivity index (χ2n) is 5.83. The number of aryl methyl sites for hydroxylation is 1. The number of methoxy groups -OCH3 is 1. The van der Waals surface area contributed by atoms with Gasteiger partial charge in [-0.2, -0.15) is 4.31 Å². The molecule has 2 heterocycles. The normalized spacial score (nSPS) is 16.0. The molecule has 1 aliphatic rings. The van der Waals surface area contributed by atoms with Crippen molar-refractivity contribution in [3.05, 3.63) is 46.2 Å². The fourth-order valence-corrected chi connectivity index (χ4v) is 5.17. The van der Waals surface area contributed by atoms with Crippen LogP contribution in [0.2, 0.25) is 0 Å². The van der Waals surface area contributed by atoms with Gasteiger partial charge < -0.3 is 9.64 Å². The lowest BCUT2D eigenvalue weighted by Gasteiger charge is -2.34. The Kier molecular flexibility index (Phi) is 5.12. The molecule has 0 aliphatic carbocycles. The molecule has 0 radical (unpaired) electrons. The summed E-state index contributed by atoms with van der Waals surface area (Å²) < 4.78 is 32.6. The van der Waals surface area contributed by atoms with Crippen LogP contribution in [0.15, 0.2) is 40.6 Å². The summed E-state index contributed by atoms with van der Waals surface area (Å²) >= 11 is 1.39. The van der Waals surface area contributed by atoms with Crippen LogP contribution in [0.25, 0.3) is 0 Å². The number of carbonyl (C=O) groups is 1. The molecule has 8 heteroatoms. The van der Waals surface area contributed by atoms with Crippen LogP contribution in [-0.2, 0) is 10.0 Å². The largest absolute Gasteiger partial charge is 0.495 e. The molecule has 0 saturated carbocycles. The number of ether oxygens (including phenoxy) is 1. The number of piperazine rings is 1. The van der Waals surface area contributed by atoms with Gasteiger partial charge in [0.1, 0.15) is 10.6 Å². The van der Waals surface area contributed by atoms with E-state index in [2.05, 4.69) is 0 Å². The molecule has 0 spiro atoms. The number of amides is 1. The maximum atomic E-state index is 13.0. The van der Waals surface area contributed by atoms with Crippen LogP contribution >= 0.6 is 11.3 Å². The Bertz CT molecular complexity index is 855. The number of hydrogen-bond acceptors (Lipinski definition) is 5. The molecule has 3 rings (SSSR count). The maximum absolute atomic E-state index is 13.0. The minimum absolute atomic E-state index is 0.0415. The van der Waals surface area contributed by atoms with Crippen LogP contribution in [0.4, 0.5) is 0 Å². The van der Waals surface area contributed by atoms with Crippen molar-refractivity contribution in [3.63, 3.8) is 0 Å². The second-order valence-corrected chi connectivity index (χ2v) is 8.68. The molecule has 25 heavy (non-hydrogen) atoms. The number of rotatable bonds is 4. The summed E-state index contributed by atoms with van der Waals surface area (Å²) in [4.78, 5) is 14.9. The summed E-state index contributed by atoms with van der Waals surface area (Å²) in [7, 11) is -2.20. The maximum Gasteiger partial charge on any atom is 0.264 e. The van der Waals surface area contributed by atoms with Crippen LogP contribution in [0.1, 0.15) is 15.2 Å². The Balaban J connectivity index is 1.76. The second kappa shape index (κ2) is 7.15. The molecule has 1 fully saturated rings. The van der Waals surface area contributed by atoms with Crippen LogP contribution in [0.3, 0.4) is 0 Å². The molecule has 1 aromatic carbocycles. The average molecular weight is 380 g/mol. The van der Waals surface area contributed by atoms with E-state index < -0.39 is 10.0 Å². The van der Waals surface area contributed by atoms with E-state index in [0.29, 0.717) is 23.7 Å². The monoisotopic (exact) mass is 380 g/mol. The van der Waals surface area contributed by atoms with Gasteiger partial charge in [0.25, 0.3) is 5.91 Å². The topological polar surface area (TPSA) is 66.9 Å². The van der Waals surface area contributed by atoms with Crippen molar-refractivity contribution in [3.8, 4) is 5.75 Å². The van der Waals surface area contributed by atoms with Crippen molar-refractivity contribution >= 4 is 27.3 Å². The fraction of sp³-hybridized carbons (Fsp3) is 0.353. The summed E-state index contributed by atoms with van der Waals surface area (Å²) in [5.41, 5.74) is 0.853. The SMILES string of the molecule is COc1ccc(C)cc1S(=O)(=O)N1CCN(C(=O)c2cccs2)CC1. The van der Waals surface area contributed by atoms with Gasteiger partial charge in [0.15, 0.2) is 0 Å². The zero-order valence-electron chi connectivity index (χ0n) is 14.1. The van der Waals surface area contributed by atoms with Crippen LogP contribution in [0.5, 0.6) is 5.75 Å². The van der Waals surface area contributed by atoms with Crippen molar-refractivity contribution < 1.29 is 17.9 Å². The van der Waals surface area contributed by atoms with Crippen molar-refractivity contribution in [2.45, 2.75) is 11.8 Å². The molecule has 0 unspecified atom stereocenters. The molecule has 1 saturated heterocycles. The lowest BCUT2D eigenvalue weighted by Crippen LogP contribution is -2.50. The van der Waals surface area contributed by atoms with Gasteiger partial charge in [0.2, 0.25) is 10.0 Å². The Morgan fingerprint density at radius 2 is 1.88 bits per heavy atom. The first kappa shape index (κ1) is 17.9. The van der Waals surface area contributed by atoms with E-state index in [-0.39, 0.29) is 23.9 Å². The standard InChI is InChI=1S/C17H20N2O4S2/c1-13-5-6-14(23-2)16(12-13)25(21,22)19-9-7-18(8-10-19)17(20)15-4-3-11-24-15/h3-6,11-12H,7-10H2,1-2H3. The van der Waals surface area contributed by atoms with Crippen molar-refractivity contribution in [1.29, 1.82) is 0 Å². The number of nitrogens with zero attached hydrogens (tertiary/aromatic N) is 2. The quantitative estimate of drug-likeness (QED) is 0.816. The lowest BCUT2D eigenvalue weighted by molar-refractivity contribution is 0.0702. The van der Waals surface area contributed by atoms with E-state index in [0.717, 1.165) is 5.56 Å². The molecular weight excluding hydrogens is 360 g/mol. The highest BCUT2D eigenvalue weighted by atomic mass is 32.2. The first-order valence-corrected chi connectivity index (χ1v) is 10.2. The number of sulfonamides is 1. The van der Waals surface area contributed by atoms with E-state index in [1.54, 1.807) is 23.1 Å². The van der Waals surface area contributed by atoms with Crippen molar-refractivity contribution in [2.75, 3.05) is 33.3 Å². The predicted octanol–water partition coefficient (Wildman–Crippen LogP) is 2.21. The average Bonchev–Trinajstić information content (AvgIpc) is 3.16. The van der Waals surface area contributed by atoms with Crippen LogP contribution in [-0.4, -0.2) is 56.8 Å². The highest BCUT2D eigenvalue weighted by molar-refractivity contribution is 7.89. The van der Waals surface area contributed by atoms with Gasteiger partial charge in [-0.3, -0.25) is 4.79 Å². The molecule has 1 amide bonds. The first-order valence-electron chi connectivity index (χ1n) is 7.91. The van der Waals surface area contributed by atoms with Crippen molar-refractivity contribution in [2.24, 2.45) is 0 Å². The van der Waals surface area contributed by atoms with Crippen LogP contribution in [0, 0.1) is 6.92 Å². The third kappa shape index (κ3) is 3.56. The van der Waals surface area contributed by atoms with Gasteiger partial charge in [-0.15, -0.1) is 11.3 Å². The predicted molar refractivity (Wildman–Crippen MR) is 96.7 cm³/mol. The molecular formula is C17H20N2O4S2. The zero-order valence-corrected chi connectivity index (χ0v) is 15.8. The van der Waals surface area contributed by atoms with Crippen LogP contribution < -0.4 is 4.74 Å². The van der Waals surface area contributed by atoms with E-state index in [1.165, 1.54) is 22.8 Å². The Hall–Kier alpha value is -1.90. The summed E-state index contributed by atoms with van der Waals surface area (Å²) in [6.45, 7) is 3.15. The number of benzene rings is 1. The summed E-state index contributed by atoms with van der Waals surface area (Å²) in [5, 5.41) is 1.86. The minimum atomic E-state index is -3.66. The fourth-order valence-electron chi connectivity index (χ4n) is 2.81. The number of thiophene rings is 1. The molecule has 6 nitrogen and oxygen atoms in total. The number of hydrogen-bond donors (Lipinski definition) is 0. The van der Waals surface area contributed by atoms with Gasteiger partial charge in [-0.1, -0.05) is 12.1 Å². The van der Waals surface area contributed by atoms with Gasteiger partial charge in [0, 0.05) is 26.2 Å². The Morgan fingerprint density at radius 3 is 2.48 bits per heavy atom. The Morgan fingerprint density at radius 1 is 1.16 bits per heavy atom.